The Morgan fingerprint density at radius 2 is 1.90 bits per heavy atom. The summed E-state index contributed by atoms with van der Waals surface area (Å²) >= 11 is 0. The van der Waals surface area contributed by atoms with Crippen LogP contribution in [0.25, 0.3) is 0 Å². The zero-order valence-electron chi connectivity index (χ0n) is 13.0. The van der Waals surface area contributed by atoms with Crippen molar-refractivity contribution >= 4 is 12.1 Å². The van der Waals surface area contributed by atoms with Crippen LogP contribution in [0.5, 0.6) is 0 Å². The summed E-state index contributed by atoms with van der Waals surface area (Å²) in [6.45, 7) is 11.8. The fraction of sp³-hybridized carbons (Fsp3) is 0.857. The van der Waals surface area contributed by atoms with Gasteiger partial charge >= 0.3 is 12.1 Å². The molecule has 1 heterocycles. The van der Waals surface area contributed by atoms with Gasteiger partial charge in [-0.1, -0.05) is 13.8 Å². The van der Waals surface area contributed by atoms with E-state index < -0.39 is 23.7 Å². The van der Waals surface area contributed by atoms with Crippen molar-refractivity contribution in [2.24, 2.45) is 5.92 Å². The van der Waals surface area contributed by atoms with Crippen LogP contribution >= 0.6 is 0 Å². The zero-order chi connectivity index (χ0) is 15.5. The summed E-state index contributed by atoms with van der Waals surface area (Å²) in [4.78, 5) is 26.9. The first-order chi connectivity index (χ1) is 9.10. The van der Waals surface area contributed by atoms with E-state index in [1.807, 2.05) is 0 Å². The van der Waals surface area contributed by atoms with E-state index in [-0.39, 0.29) is 0 Å². The maximum absolute atomic E-state index is 12.1. The van der Waals surface area contributed by atoms with Gasteiger partial charge in [0.15, 0.2) is 0 Å². The zero-order valence-corrected chi connectivity index (χ0v) is 13.0. The predicted octanol–water partition coefficient (Wildman–Crippen LogP) is 1.65. The van der Waals surface area contributed by atoms with E-state index in [9.17, 15) is 14.7 Å². The van der Waals surface area contributed by atoms with Gasteiger partial charge in [-0.15, -0.1) is 0 Å². The fourth-order valence-corrected chi connectivity index (χ4v) is 2.27. The van der Waals surface area contributed by atoms with Gasteiger partial charge < -0.3 is 9.84 Å². The van der Waals surface area contributed by atoms with E-state index in [2.05, 4.69) is 18.7 Å². The summed E-state index contributed by atoms with van der Waals surface area (Å²) in [5, 5.41) is 9.33. The Morgan fingerprint density at radius 1 is 1.30 bits per heavy atom. The highest BCUT2D eigenvalue weighted by atomic mass is 16.6. The molecule has 116 valence electrons. The van der Waals surface area contributed by atoms with Crippen LogP contribution in [-0.4, -0.2) is 64.8 Å². The topological polar surface area (TPSA) is 70.1 Å². The number of carbonyl (C=O) groups is 2. The molecular weight excluding hydrogens is 260 g/mol. The maximum atomic E-state index is 12.1. The molecule has 0 unspecified atom stereocenters. The van der Waals surface area contributed by atoms with Crippen LogP contribution in [0.4, 0.5) is 4.79 Å². The Kier molecular flexibility index (Phi) is 5.39. The minimum absolute atomic E-state index is 0.354. The van der Waals surface area contributed by atoms with E-state index >= 15 is 0 Å². The molecule has 1 rings (SSSR count). The minimum atomic E-state index is -0.982. The van der Waals surface area contributed by atoms with Crippen molar-refractivity contribution in [3.63, 3.8) is 0 Å². The fourth-order valence-electron chi connectivity index (χ4n) is 2.27. The van der Waals surface area contributed by atoms with Gasteiger partial charge in [0.25, 0.3) is 0 Å². The number of hydrogen-bond acceptors (Lipinski definition) is 4. The van der Waals surface area contributed by atoms with E-state index in [1.54, 1.807) is 20.8 Å². The summed E-state index contributed by atoms with van der Waals surface area (Å²) in [5.74, 6) is -0.512. The van der Waals surface area contributed by atoms with Gasteiger partial charge in [-0.25, -0.2) is 9.59 Å². The van der Waals surface area contributed by atoms with E-state index in [0.29, 0.717) is 25.6 Å². The van der Waals surface area contributed by atoms with Crippen molar-refractivity contribution in [1.29, 1.82) is 0 Å². The monoisotopic (exact) mass is 286 g/mol. The second kappa shape index (κ2) is 6.43. The number of carboxylic acid groups (broad SMARTS) is 1. The van der Waals surface area contributed by atoms with Crippen LogP contribution < -0.4 is 0 Å². The van der Waals surface area contributed by atoms with E-state index in [0.717, 1.165) is 6.54 Å². The number of carbonyl (C=O) groups excluding carboxylic acids is 1. The molecule has 1 aliphatic rings. The third kappa shape index (κ3) is 5.00. The first-order valence-corrected chi connectivity index (χ1v) is 7.05. The summed E-state index contributed by atoms with van der Waals surface area (Å²) in [6, 6.07) is -0.836. The molecule has 1 aliphatic heterocycles. The van der Waals surface area contributed by atoms with Gasteiger partial charge in [-0.05, 0) is 26.7 Å². The highest BCUT2D eigenvalue weighted by molar-refractivity contribution is 5.80. The highest BCUT2D eigenvalue weighted by Gasteiger charge is 2.37. The number of nitrogens with zero attached hydrogens (tertiary/aromatic N) is 2. The maximum Gasteiger partial charge on any atom is 0.411 e. The van der Waals surface area contributed by atoms with Crippen molar-refractivity contribution in [2.75, 3.05) is 26.2 Å². The summed E-state index contributed by atoms with van der Waals surface area (Å²) in [6.07, 6.45) is -0.547. The predicted molar refractivity (Wildman–Crippen MR) is 75.6 cm³/mol. The Labute approximate surface area is 120 Å². The molecule has 1 N–H and O–H groups in total. The number of amides is 1. The lowest BCUT2D eigenvalue weighted by molar-refractivity contribution is -0.145. The van der Waals surface area contributed by atoms with Crippen molar-refractivity contribution < 1.29 is 19.4 Å². The molecule has 0 bridgehead atoms. The van der Waals surface area contributed by atoms with Gasteiger partial charge in [0.1, 0.15) is 11.6 Å². The second-order valence-electron chi connectivity index (χ2n) is 6.68. The van der Waals surface area contributed by atoms with Gasteiger partial charge in [-0.3, -0.25) is 9.80 Å². The van der Waals surface area contributed by atoms with Gasteiger partial charge in [0.2, 0.25) is 0 Å². The molecular formula is C14H26N2O4. The Balaban J connectivity index is 2.72. The second-order valence-corrected chi connectivity index (χ2v) is 6.68. The molecule has 0 radical (unpaired) electrons. The average Bonchev–Trinajstić information content (AvgIpc) is 2.25. The summed E-state index contributed by atoms with van der Waals surface area (Å²) < 4.78 is 5.28. The largest absolute Gasteiger partial charge is 0.480 e. The average molecular weight is 286 g/mol. The number of aliphatic carboxylic acids is 1. The molecule has 0 aromatic carbocycles. The van der Waals surface area contributed by atoms with Gasteiger partial charge in [-0.2, -0.15) is 0 Å². The van der Waals surface area contributed by atoms with Crippen LogP contribution in [0.3, 0.4) is 0 Å². The number of ether oxygens (including phenoxy) is 1. The third-order valence-corrected chi connectivity index (χ3v) is 3.00. The van der Waals surface area contributed by atoms with Crippen LogP contribution in [0.2, 0.25) is 0 Å². The van der Waals surface area contributed by atoms with Gasteiger partial charge in [0.05, 0.1) is 0 Å². The summed E-state index contributed by atoms with van der Waals surface area (Å²) in [7, 11) is 0. The minimum Gasteiger partial charge on any atom is -0.480 e. The lowest BCUT2D eigenvalue weighted by Crippen LogP contribution is -2.59. The molecule has 6 heteroatoms. The number of hydrogen-bond donors (Lipinski definition) is 1. The Morgan fingerprint density at radius 3 is 2.35 bits per heavy atom. The van der Waals surface area contributed by atoms with Crippen LogP contribution in [0.1, 0.15) is 34.6 Å². The first-order valence-electron chi connectivity index (χ1n) is 7.05. The quantitative estimate of drug-likeness (QED) is 0.854. The molecule has 6 nitrogen and oxygen atoms in total. The van der Waals surface area contributed by atoms with E-state index in [1.165, 1.54) is 4.90 Å². The number of carboxylic acids is 1. The first kappa shape index (κ1) is 16.8. The Bertz CT molecular complexity index is 363. The molecule has 1 saturated heterocycles. The molecule has 0 saturated carbocycles. The molecule has 20 heavy (non-hydrogen) atoms. The molecule has 0 aromatic rings. The SMILES string of the molecule is CC(C)CN1CCN(C(=O)OC(C)(C)C)[C@@H](C(=O)O)C1. The highest BCUT2D eigenvalue weighted by Crippen LogP contribution is 2.16. The van der Waals surface area contributed by atoms with E-state index in [4.69, 9.17) is 4.74 Å². The standard InChI is InChI=1S/C14H26N2O4/c1-10(2)8-15-6-7-16(11(9-15)12(17)18)13(19)20-14(3,4)5/h10-11H,6-9H2,1-5H3,(H,17,18)/t11-/m1/s1. The number of piperazine rings is 1. The van der Waals surface area contributed by atoms with Crippen LogP contribution in [0, 0.1) is 5.92 Å². The van der Waals surface area contributed by atoms with Crippen LogP contribution in [-0.2, 0) is 9.53 Å². The molecule has 0 spiro atoms. The smallest absolute Gasteiger partial charge is 0.411 e. The molecule has 1 atom stereocenters. The van der Waals surface area contributed by atoms with Crippen LogP contribution in [0.15, 0.2) is 0 Å². The number of rotatable bonds is 3. The molecule has 0 aliphatic carbocycles. The van der Waals surface area contributed by atoms with Gasteiger partial charge in [0, 0.05) is 26.2 Å². The molecule has 0 aromatic heterocycles. The molecule has 1 amide bonds. The van der Waals surface area contributed by atoms with Crippen molar-refractivity contribution in [1.82, 2.24) is 9.80 Å². The lowest BCUT2D eigenvalue weighted by Gasteiger charge is -2.40. The van der Waals surface area contributed by atoms with Crippen molar-refractivity contribution in [3.05, 3.63) is 0 Å². The van der Waals surface area contributed by atoms with Crippen molar-refractivity contribution in [3.8, 4) is 0 Å². The summed E-state index contributed by atoms with van der Waals surface area (Å²) in [5.41, 5.74) is -0.616. The lowest BCUT2D eigenvalue weighted by atomic mass is 10.1. The molecule has 1 fully saturated rings. The third-order valence-electron chi connectivity index (χ3n) is 3.00. The van der Waals surface area contributed by atoms with Crippen molar-refractivity contribution in [2.45, 2.75) is 46.3 Å². The normalized spacial score (nSPS) is 21.1. The Hall–Kier alpha value is -1.30.